The van der Waals surface area contributed by atoms with Gasteiger partial charge in [0, 0.05) is 26.3 Å². The molecule has 0 radical (unpaired) electrons. The Bertz CT molecular complexity index is 474. The number of anilines is 1. The van der Waals surface area contributed by atoms with E-state index in [0.717, 1.165) is 5.56 Å². The van der Waals surface area contributed by atoms with E-state index < -0.39 is 0 Å². The fourth-order valence-electron chi connectivity index (χ4n) is 1.46. The molecule has 1 aromatic rings. The summed E-state index contributed by atoms with van der Waals surface area (Å²) in [5, 5.41) is 9.00. The first-order chi connectivity index (χ1) is 7.99. The number of hydrogen-bond acceptors (Lipinski definition) is 4. The van der Waals surface area contributed by atoms with E-state index in [2.05, 4.69) is 0 Å². The molecule has 1 aromatic carbocycles. The monoisotopic (exact) mass is 232 g/mol. The Hall–Kier alpha value is -2.06. The fourth-order valence-corrected chi connectivity index (χ4v) is 1.46. The summed E-state index contributed by atoms with van der Waals surface area (Å²) in [6.45, 7) is 0.292. The minimum Gasteiger partial charge on any atom is -0.398 e. The van der Waals surface area contributed by atoms with E-state index in [4.69, 9.17) is 16.7 Å². The standard InChI is InChI=1S/C12H16N4O/c1-16(2)12(17)5-8-3-10(7-14)11(15)4-9(8)6-13/h3-4H,5,7,14-15H2,1-2H3. The molecule has 0 aliphatic heterocycles. The highest BCUT2D eigenvalue weighted by Crippen LogP contribution is 2.19. The average molecular weight is 232 g/mol. The van der Waals surface area contributed by atoms with Crippen LogP contribution >= 0.6 is 0 Å². The van der Waals surface area contributed by atoms with Crippen molar-refractivity contribution >= 4 is 11.6 Å². The Labute approximate surface area is 101 Å². The van der Waals surface area contributed by atoms with Gasteiger partial charge in [-0.25, -0.2) is 0 Å². The maximum absolute atomic E-state index is 11.6. The highest BCUT2D eigenvalue weighted by atomic mass is 16.2. The van der Waals surface area contributed by atoms with Crippen LogP contribution in [-0.4, -0.2) is 24.9 Å². The van der Waals surface area contributed by atoms with Crippen LogP contribution in [0.15, 0.2) is 12.1 Å². The van der Waals surface area contributed by atoms with Gasteiger partial charge in [0.1, 0.15) is 0 Å². The molecular weight excluding hydrogens is 216 g/mol. The van der Waals surface area contributed by atoms with Crippen molar-refractivity contribution < 1.29 is 4.79 Å². The predicted molar refractivity (Wildman–Crippen MR) is 65.9 cm³/mol. The van der Waals surface area contributed by atoms with Gasteiger partial charge >= 0.3 is 0 Å². The molecule has 1 rings (SSSR count). The lowest BCUT2D eigenvalue weighted by Gasteiger charge is -2.13. The summed E-state index contributed by atoms with van der Waals surface area (Å²) in [5.41, 5.74) is 13.6. The van der Waals surface area contributed by atoms with Crippen molar-refractivity contribution in [2.24, 2.45) is 5.73 Å². The molecule has 17 heavy (non-hydrogen) atoms. The number of nitrogen functional groups attached to an aromatic ring is 1. The van der Waals surface area contributed by atoms with Gasteiger partial charge < -0.3 is 16.4 Å². The molecule has 0 aliphatic rings. The van der Waals surface area contributed by atoms with E-state index in [9.17, 15) is 4.79 Å². The maximum Gasteiger partial charge on any atom is 0.226 e. The van der Waals surface area contributed by atoms with Crippen LogP contribution in [0.5, 0.6) is 0 Å². The summed E-state index contributed by atoms with van der Waals surface area (Å²) in [6, 6.07) is 5.34. The van der Waals surface area contributed by atoms with E-state index in [0.29, 0.717) is 23.4 Å². The zero-order valence-corrected chi connectivity index (χ0v) is 10.0. The molecule has 0 atom stereocenters. The molecule has 0 aromatic heterocycles. The topological polar surface area (TPSA) is 96.1 Å². The summed E-state index contributed by atoms with van der Waals surface area (Å²) in [5.74, 6) is -0.0609. The summed E-state index contributed by atoms with van der Waals surface area (Å²) in [4.78, 5) is 13.1. The molecule has 4 N–H and O–H groups in total. The Kier molecular flexibility index (Phi) is 4.07. The molecule has 0 saturated heterocycles. The van der Waals surface area contributed by atoms with Gasteiger partial charge in [0.15, 0.2) is 0 Å². The summed E-state index contributed by atoms with van der Waals surface area (Å²) >= 11 is 0. The minimum atomic E-state index is -0.0609. The first-order valence-corrected chi connectivity index (χ1v) is 5.21. The van der Waals surface area contributed by atoms with E-state index in [1.165, 1.54) is 4.90 Å². The van der Waals surface area contributed by atoms with Crippen molar-refractivity contribution in [1.29, 1.82) is 5.26 Å². The van der Waals surface area contributed by atoms with Crippen LogP contribution in [-0.2, 0) is 17.8 Å². The highest BCUT2D eigenvalue weighted by molar-refractivity contribution is 5.79. The maximum atomic E-state index is 11.6. The normalized spacial score (nSPS) is 9.76. The Morgan fingerprint density at radius 3 is 2.53 bits per heavy atom. The third-order valence-corrected chi connectivity index (χ3v) is 2.55. The molecular formula is C12H16N4O. The number of nitriles is 1. The van der Waals surface area contributed by atoms with Gasteiger partial charge in [-0.1, -0.05) is 6.07 Å². The lowest BCUT2D eigenvalue weighted by atomic mass is 10.00. The van der Waals surface area contributed by atoms with Crippen molar-refractivity contribution in [2.45, 2.75) is 13.0 Å². The van der Waals surface area contributed by atoms with Crippen LogP contribution in [0.3, 0.4) is 0 Å². The minimum absolute atomic E-state index is 0.0609. The second-order valence-electron chi connectivity index (χ2n) is 3.99. The largest absolute Gasteiger partial charge is 0.398 e. The second-order valence-corrected chi connectivity index (χ2v) is 3.99. The molecule has 0 saturated carbocycles. The van der Waals surface area contributed by atoms with E-state index >= 15 is 0 Å². The molecule has 0 fully saturated rings. The van der Waals surface area contributed by atoms with Crippen molar-refractivity contribution in [3.05, 3.63) is 28.8 Å². The van der Waals surface area contributed by atoms with Crippen LogP contribution in [0.2, 0.25) is 0 Å². The van der Waals surface area contributed by atoms with Gasteiger partial charge in [-0.3, -0.25) is 4.79 Å². The number of nitrogens with two attached hydrogens (primary N) is 2. The number of benzene rings is 1. The van der Waals surface area contributed by atoms with Crippen LogP contribution < -0.4 is 11.5 Å². The molecule has 0 unspecified atom stereocenters. The Morgan fingerprint density at radius 1 is 1.41 bits per heavy atom. The second kappa shape index (κ2) is 5.32. The molecule has 90 valence electrons. The van der Waals surface area contributed by atoms with E-state index in [-0.39, 0.29) is 12.3 Å². The molecule has 0 spiro atoms. The van der Waals surface area contributed by atoms with Crippen molar-refractivity contribution in [3.8, 4) is 6.07 Å². The third kappa shape index (κ3) is 2.95. The van der Waals surface area contributed by atoms with Gasteiger partial charge in [-0.05, 0) is 17.2 Å². The predicted octanol–water partition coefficient (Wildman–Crippen LogP) is 0.230. The molecule has 0 aliphatic carbocycles. The molecule has 5 nitrogen and oxygen atoms in total. The molecule has 0 bridgehead atoms. The van der Waals surface area contributed by atoms with Gasteiger partial charge in [0.05, 0.1) is 18.1 Å². The zero-order chi connectivity index (χ0) is 13.0. The van der Waals surface area contributed by atoms with Crippen LogP contribution in [0, 0.1) is 11.3 Å². The van der Waals surface area contributed by atoms with E-state index in [1.807, 2.05) is 6.07 Å². The van der Waals surface area contributed by atoms with Crippen LogP contribution in [0.25, 0.3) is 0 Å². The lowest BCUT2D eigenvalue weighted by molar-refractivity contribution is -0.127. The van der Waals surface area contributed by atoms with Crippen molar-refractivity contribution in [2.75, 3.05) is 19.8 Å². The number of rotatable bonds is 3. The lowest BCUT2D eigenvalue weighted by Crippen LogP contribution is -2.24. The summed E-state index contributed by atoms with van der Waals surface area (Å²) < 4.78 is 0. The zero-order valence-electron chi connectivity index (χ0n) is 10.0. The summed E-state index contributed by atoms with van der Waals surface area (Å²) in [6.07, 6.45) is 0.184. The first kappa shape index (κ1) is 13.0. The number of likely N-dealkylation sites (N-methyl/N-ethyl adjacent to an activating group) is 1. The molecule has 1 amide bonds. The quantitative estimate of drug-likeness (QED) is 0.729. The third-order valence-electron chi connectivity index (χ3n) is 2.55. The fraction of sp³-hybridized carbons (Fsp3) is 0.333. The Morgan fingerprint density at radius 2 is 2.06 bits per heavy atom. The summed E-state index contributed by atoms with van der Waals surface area (Å²) in [7, 11) is 3.35. The number of nitrogens with zero attached hydrogens (tertiary/aromatic N) is 2. The van der Waals surface area contributed by atoms with Crippen molar-refractivity contribution in [3.63, 3.8) is 0 Å². The highest BCUT2D eigenvalue weighted by Gasteiger charge is 2.12. The van der Waals surface area contributed by atoms with Crippen LogP contribution in [0.4, 0.5) is 5.69 Å². The average Bonchev–Trinajstić information content (AvgIpc) is 2.30. The number of carbonyl (C=O) groups excluding carboxylic acids is 1. The smallest absolute Gasteiger partial charge is 0.226 e. The van der Waals surface area contributed by atoms with Gasteiger partial charge in [-0.15, -0.1) is 0 Å². The first-order valence-electron chi connectivity index (χ1n) is 5.21. The van der Waals surface area contributed by atoms with Gasteiger partial charge in [0.2, 0.25) is 5.91 Å². The van der Waals surface area contributed by atoms with Gasteiger partial charge in [-0.2, -0.15) is 5.26 Å². The number of hydrogen-bond donors (Lipinski definition) is 2. The van der Waals surface area contributed by atoms with Crippen LogP contribution in [0.1, 0.15) is 16.7 Å². The Balaban J connectivity index is 3.14. The molecule has 0 heterocycles. The number of carbonyl (C=O) groups is 1. The van der Waals surface area contributed by atoms with Gasteiger partial charge in [0.25, 0.3) is 0 Å². The SMILES string of the molecule is CN(C)C(=O)Cc1cc(CN)c(N)cc1C#N. The number of amides is 1. The van der Waals surface area contributed by atoms with E-state index in [1.54, 1.807) is 26.2 Å². The van der Waals surface area contributed by atoms with Crippen molar-refractivity contribution in [1.82, 2.24) is 4.90 Å². The molecule has 5 heteroatoms.